The van der Waals surface area contributed by atoms with Gasteiger partial charge < -0.3 is 14.4 Å². The van der Waals surface area contributed by atoms with Gasteiger partial charge in [-0.3, -0.25) is 14.9 Å². The van der Waals surface area contributed by atoms with Crippen LogP contribution in [-0.2, 0) is 20.4 Å². The zero-order valence-corrected chi connectivity index (χ0v) is 15.5. The number of carbonyl (C=O) groups excluding carboxylic acids is 1. The molecule has 0 aliphatic rings. The van der Waals surface area contributed by atoms with Crippen LogP contribution in [-0.4, -0.2) is 24.6 Å². The Morgan fingerprint density at radius 2 is 2.12 bits per heavy atom. The van der Waals surface area contributed by atoms with Crippen LogP contribution in [0.2, 0.25) is 0 Å². The predicted molar refractivity (Wildman–Crippen MR) is 101 cm³/mol. The minimum absolute atomic E-state index is 0. The third kappa shape index (κ3) is 7.90. The van der Waals surface area contributed by atoms with E-state index in [-0.39, 0.29) is 19.0 Å². The fraction of sp³-hybridized carbons (Fsp3) is 0.588. The Bertz CT molecular complexity index is 568. The number of nitrogens with zero attached hydrogens (tertiary/aromatic N) is 1. The maximum atomic E-state index is 11.7. The lowest BCUT2D eigenvalue weighted by atomic mass is 10.0. The van der Waals surface area contributed by atoms with Crippen molar-refractivity contribution in [2.24, 2.45) is 0 Å². The molecule has 0 heterocycles. The van der Waals surface area contributed by atoms with Gasteiger partial charge in [0.25, 0.3) is 5.69 Å². The van der Waals surface area contributed by atoms with Crippen molar-refractivity contribution in [3.63, 3.8) is 0 Å². The van der Waals surface area contributed by atoms with Gasteiger partial charge in [0, 0.05) is 32.8 Å². The number of unbranched alkanes of at least 4 members (excludes halogenated alkanes) is 1. The highest BCUT2D eigenvalue weighted by Gasteiger charge is 2.22. The summed E-state index contributed by atoms with van der Waals surface area (Å²) in [5.41, 5.74) is 1.28. The summed E-state index contributed by atoms with van der Waals surface area (Å²) in [6.07, 6.45) is 1.82. The summed E-state index contributed by atoms with van der Waals surface area (Å²) in [4.78, 5) is 22.5. The highest BCUT2D eigenvalue weighted by molar-refractivity contribution is 7.46. The minimum Gasteiger partial charge on any atom is -0.352 e. The van der Waals surface area contributed by atoms with Gasteiger partial charge in [-0.05, 0) is 25.0 Å². The van der Waals surface area contributed by atoms with Gasteiger partial charge in [0.05, 0.1) is 16.6 Å². The molecule has 0 radical (unpaired) electrons. The summed E-state index contributed by atoms with van der Waals surface area (Å²) in [5, 5.41) is 14.1. The standard InChI is InChI=1S/C16H25N2O5P.CH4/c1-5-6-7-16(19)17-11-13-8-9-15(18(20)21)14(10-13)12(2)23-24(4)22-3;/h8-10,12H,5-7,11H2,1-4H3,(H,17,19);1H4. The summed E-state index contributed by atoms with van der Waals surface area (Å²) >= 11 is 0. The lowest BCUT2D eigenvalue weighted by molar-refractivity contribution is -0.386. The van der Waals surface area contributed by atoms with Crippen LogP contribution in [0.3, 0.4) is 0 Å². The topological polar surface area (TPSA) is 90.7 Å². The molecule has 7 nitrogen and oxygen atoms in total. The van der Waals surface area contributed by atoms with Crippen molar-refractivity contribution in [2.75, 3.05) is 13.8 Å². The van der Waals surface area contributed by atoms with Crippen LogP contribution < -0.4 is 5.32 Å². The van der Waals surface area contributed by atoms with E-state index < -0.39 is 19.4 Å². The van der Waals surface area contributed by atoms with Crippen molar-refractivity contribution in [2.45, 2.75) is 53.2 Å². The highest BCUT2D eigenvalue weighted by Crippen LogP contribution is 2.41. The van der Waals surface area contributed by atoms with E-state index in [2.05, 4.69) is 5.32 Å². The first-order chi connectivity index (χ1) is 11.4. The number of hydrogen-bond donors (Lipinski definition) is 1. The predicted octanol–water partition coefficient (Wildman–Crippen LogP) is 4.70. The molecular formula is C17H29N2O5P. The zero-order chi connectivity index (χ0) is 18.1. The highest BCUT2D eigenvalue weighted by atomic mass is 31.2. The number of nitro groups is 1. The fourth-order valence-electron chi connectivity index (χ4n) is 2.15. The van der Waals surface area contributed by atoms with Crippen molar-refractivity contribution >= 4 is 20.0 Å². The molecule has 0 fully saturated rings. The molecular weight excluding hydrogens is 343 g/mol. The summed E-state index contributed by atoms with van der Waals surface area (Å²) in [6.45, 7) is 5.91. The first-order valence-electron chi connectivity index (χ1n) is 7.87. The number of carbonyl (C=O) groups is 1. The molecule has 25 heavy (non-hydrogen) atoms. The third-order valence-corrected chi connectivity index (χ3v) is 4.66. The molecule has 1 rings (SSSR count). The quantitative estimate of drug-likeness (QED) is 0.365. The smallest absolute Gasteiger partial charge is 0.275 e. The second-order valence-corrected chi connectivity index (χ2v) is 6.86. The molecule has 0 saturated carbocycles. The summed E-state index contributed by atoms with van der Waals surface area (Å²) in [6, 6.07) is 4.81. The molecule has 8 heteroatoms. The minimum atomic E-state index is -1.10. The van der Waals surface area contributed by atoms with Crippen LogP contribution in [0.25, 0.3) is 0 Å². The molecule has 1 N–H and O–H groups in total. The Balaban J connectivity index is 0.00000576. The maximum Gasteiger partial charge on any atom is 0.275 e. The summed E-state index contributed by atoms with van der Waals surface area (Å²) < 4.78 is 10.8. The van der Waals surface area contributed by atoms with Gasteiger partial charge in [-0.2, -0.15) is 0 Å². The van der Waals surface area contributed by atoms with Gasteiger partial charge in [-0.25, -0.2) is 0 Å². The monoisotopic (exact) mass is 372 g/mol. The largest absolute Gasteiger partial charge is 0.352 e. The Kier molecular flexibility index (Phi) is 11.2. The van der Waals surface area contributed by atoms with Gasteiger partial charge in [-0.1, -0.05) is 26.8 Å². The number of rotatable bonds is 10. The fourth-order valence-corrected chi connectivity index (χ4v) is 2.80. The van der Waals surface area contributed by atoms with Gasteiger partial charge in [0.15, 0.2) is 8.38 Å². The van der Waals surface area contributed by atoms with Gasteiger partial charge >= 0.3 is 0 Å². The molecule has 0 bridgehead atoms. The van der Waals surface area contributed by atoms with E-state index in [4.69, 9.17) is 9.05 Å². The molecule has 2 unspecified atom stereocenters. The molecule has 1 aromatic carbocycles. The van der Waals surface area contributed by atoms with E-state index in [0.29, 0.717) is 18.5 Å². The van der Waals surface area contributed by atoms with Crippen LogP contribution in [0.5, 0.6) is 0 Å². The molecule has 0 aliphatic carbocycles. The van der Waals surface area contributed by atoms with E-state index in [1.807, 2.05) is 6.92 Å². The molecule has 0 aromatic heterocycles. The molecule has 0 spiro atoms. The Morgan fingerprint density at radius 1 is 1.44 bits per heavy atom. The zero-order valence-electron chi connectivity index (χ0n) is 14.6. The molecule has 142 valence electrons. The summed E-state index contributed by atoms with van der Waals surface area (Å²) in [7, 11) is 0.437. The SMILES string of the molecule is C.CCCCC(=O)NCc1ccc([N+](=O)[O-])c(C(C)OP(C)OC)c1. The van der Waals surface area contributed by atoms with Crippen molar-refractivity contribution in [1.29, 1.82) is 0 Å². The van der Waals surface area contributed by atoms with E-state index in [0.717, 1.165) is 18.4 Å². The average molecular weight is 372 g/mol. The Labute approximate surface area is 151 Å². The van der Waals surface area contributed by atoms with E-state index in [1.54, 1.807) is 25.7 Å². The summed E-state index contributed by atoms with van der Waals surface area (Å²) in [5.74, 6) is -0.0162. The molecule has 0 saturated heterocycles. The Morgan fingerprint density at radius 3 is 2.68 bits per heavy atom. The third-order valence-electron chi connectivity index (χ3n) is 3.54. The molecule has 2 atom stereocenters. The Hall–Kier alpha value is -1.56. The maximum absolute atomic E-state index is 11.7. The van der Waals surface area contributed by atoms with Gasteiger partial charge in [0.2, 0.25) is 5.91 Å². The first kappa shape index (κ1) is 23.4. The van der Waals surface area contributed by atoms with Crippen molar-refractivity contribution in [3.05, 3.63) is 39.4 Å². The lowest BCUT2D eigenvalue weighted by Gasteiger charge is -2.18. The van der Waals surface area contributed by atoms with Crippen molar-refractivity contribution < 1.29 is 18.8 Å². The number of nitrogens with one attached hydrogen (secondary N) is 1. The van der Waals surface area contributed by atoms with Gasteiger partial charge in [-0.15, -0.1) is 0 Å². The van der Waals surface area contributed by atoms with Crippen LogP contribution >= 0.6 is 8.38 Å². The van der Waals surface area contributed by atoms with E-state index >= 15 is 0 Å². The van der Waals surface area contributed by atoms with Crippen molar-refractivity contribution in [1.82, 2.24) is 5.32 Å². The van der Waals surface area contributed by atoms with Crippen LogP contribution in [0.4, 0.5) is 5.69 Å². The number of nitro benzene ring substituents is 1. The second kappa shape index (κ2) is 11.9. The van der Waals surface area contributed by atoms with Gasteiger partial charge in [0.1, 0.15) is 0 Å². The van der Waals surface area contributed by atoms with Crippen LogP contribution in [0, 0.1) is 10.1 Å². The lowest BCUT2D eigenvalue weighted by Crippen LogP contribution is -2.22. The molecule has 1 amide bonds. The van der Waals surface area contributed by atoms with Crippen LogP contribution in [0.1, 0.15) is 57.8 Å². The normalized spacial score (nSPS) is 12.8. The van der Waals surface area contributed by atoms with E-state index in [1.165, 1.54) is 13.2 Å². The second-order valence-electron chi connectivity index (χ2n) is 5.40. The molecule has 1 aromatic rings. The first-order valence-corrected chi connectivity index (χ1v) is 9.50. The molecule has 0 aliphatic heterocycles. The number of benzene rings is 1. The van der Waals surface area contributed by atoms with Crippen LogP contribution in [0.15, 0.2) is 18.2 Å². The number of amides is 1. The van der Waals surface area contributed by atoms with E-state index in [9.17, 15) is 14.9 Å². The number of hydrogen-bond acceptors (Lipinski definition) is 5. The average Bonchev–Trinajstić information content (AvgIpc) is 2.57. The van der Waals surface area contributed by atoms with Crippen molar-refractivity contribution in [3.8, 4) is 0 Å².